The zero-order valence-electron chi connectivity index (χ0n) is 12.8. The van der Waals surface area contributed by atoms with Crippen molar-refractivity contribution >= 4 is 5.91 Å². The standard InChI is InChI=1S/C17H22FNO2/c1-4-17(2,3)12-19-16(21)15-9-8-14(18)11-13(15)7-5-6-10-20/h8-9,11,20H,4,6,10,12H2,1-3H3,(H,19,21). The fourth-order valence-corrected chi connectivity index (χ4v) is 1.57. The number of hydrogen-bond acceptors (Lipinski definition) is 2. The van der Waals surface area contributed by atoms with E-state index in [4.69, 9.17) is 5.11 Å². The summed E-state index contributed by atoms with van der Waals surface area (Å²) in [6.45, 7) is 6.69. The lowest BCUT2D eigenvalue weighted by Crippen LogP contribution is -2.34. The van der Waals surface area contributed by atoms with Crippen LogP contribution in [0.25, 0.3) is 0 Å². The fraction of sp³-hybridized carbons (Fsp3) is 0.471. The van der Waals surface area contributed by atoms with Gasteiger partial charge >= 0.3 is 0 Å². The number of aliphatic hydroxyl groups excluding tert-OH is 1. The molecule has 0 heterocycles. The Morgan fingerprint density at radius 3 is 2.76 bits per heavy atom. The molecule has 0 unspecified atom stereocenters. The van der Waals surface area contributed by atoms with Gasteiger partial charge in [0.25, 0.3) is 5.91 Å². The second-order valence-electron chi connectivity index (χ2n) is 5.67. The first-order chi connectivity index (χ1) is 9.89. The van der Waals surface area contributed by atoms with Crippen molar-refractivity contribution in [1.29, 1.82) is 0 Å². The number of rotatable bonds is 5. The summed E-state index contributed by atoms with van der Waals surface area (Å²) in [7, 11) is 0. The van der Waals surface area contributed by atoms with Crippen LogP contribution in [0.1, 0.15) is 49.5 Å². The summed E-state index contributed by atoms with van der Waals surface area (Å²) in [4.78, 5) is 12.2. The van der Waals surface area contributed by atoms with Crippen molar-refractivity contribution < 1.29 is 14.3 Å². The number of carbonyl (C=O) groups is 1. The van der Waals surface area contributed by atoms with Crippen LogP contribution in [0.15, 0.2) is 18.2 Å². The molecule has 2 N–H and O–H groups in total. The van der Waals surface area contributed by atoms with Gasteiger partial charge < -0.3 is 10.4 Å². The number of carbonyl (C=O) groups excluding carboxylic acids is 1. The first-order valence-electron chi connectivity index (χ1n) is 7.07. The predicted molar refractivity (Wildman–Crippen MR) is 81.4 cm³/mol. The van der Waals surface area contributed by atoms with Crippen LogP contribution in [0.3, 0.4) is 0 Å². The van der Waals surface area contributed by atoms with E-state index in [1.165, 1.54) is 18.2 Å². The molecule has 1 aromatic rings. The molecule has 0 aliphatic heterocycles. The van der Waals surface area contributed by atoms with Gasteiger partial charge in [0.05, 0.1) is 12.2 Å². The van der Waals surface area contributed by atoms with E-state index in [1.807, 2.05) is 0 Å². The van der Waals surface area contributed by atoms with Crippen LogP contribution in [0.4, 0.5) is 4.39 Å². The van der Waals surface area contributed by atoms with Crippen LogP contribution in [0, 0.1) is 23.1 Å². The molecule has 0 bridgehead atoms. The first kappa shape index (κ1) is 17.2. The van der Waals surface area contributed by atoms with E-state index >= 15 is 0 Å². The highest BCUT2D eigenvalue weighted by Crippen LogP contribution is 2.18. The van der Waals surface area contributed by atoms with E-state index in [0.29, 0.717) is 24.1 Å². The maximum absolute atomic E-state index is 13.3. The van der Waals surface area contributed by atoms with Crippen molar-refractivity contribution in [3.8, 4) is 11.8 Å². The van der Waals surface area contributed by atoms with Crippen molar-refractivity contribution in [1.82, 2.24) is 5.32 Å². The third kappa shape index (κ3) is 5.57. The Kier molecular flexibility index (Phi) is 6.39. The Hall–Kier alpha value is -1.86. The number of benzene rings is 1. The van der Waals surface area contributed by atoms with Crippen LogP contribution >= 0.6 is 0 Å². The summed E-state index contributed by atoms with van der Waals surface area (Å²) in [6, 6.07) is 3.92. The van der Waals surface area contributed by atoms with Gasteiger partial charge in [-0.05, 0) is 30.0 Å². The summed E-state index contributed by atoms with van der Waals surface area (Å²) < 4.78 is 13.3. The van der Waals surface area contributed by atoms with Crippen LogP contribution in [-0.2, 0) is 0 Å². The monoisotopic (exact) mass is 291 g/mol. The molecule has 0 fully saturated rings. The Bertz CT molecular complexity index is 556. The predicted octanol–water partition coefficient (Wildman–Crippen LogP) is 2.73. The van der Waals surface area contributed by atoms with Gasteiger partial charge in [-0.2, -0.15) is 0 Å². The Morgan fingerprint density at radius 1 is 1.43 bits per heavy atom. The van der Waals surface area contributed by atoms with Crippen LogP contribution in [0.5, 0.6) is 0 Å². The number of amides is 1. The van der Waals surface area contributed by atoms with Crippen LogP contribution in [-0.4, -0.2) is 24.2 Å². The molecule has 0 saturated heterocycles. The SMILES string of the molecule is CCC(C)(C)CNC(=O)c1ccc(F)cc1C#CCCO. The molecule has 0 saturated carbocycles. The lowest BCUT2D eigenvalue weighted by molar-refractivity contribution is 0.0935. The molecule has 0 radical (unpaired) electrons. The van der Waals surface area contributed by atoms with E-state index in [1.54, 1.807) is 0 Å². The molecule has 21 heavy (non-hydrogen) atoms. The van der Waals surface area contributed by atoms with Crippen LogP contribution in [0.2, 0.25) is 0 Å². The fourth-order valence-electron chi connectivity index (χ4n) is 1.57. The molecule has 0 aliphatic rings. The molecule has 114 valence electrons. The molecule has 0 aromatic heterocycles. The average Bonchev–Trinajstić information content (AvgIpc) is 2.45. The Balaban J connectivity index is 2.91. The minimum Gasteiger partial charge on any atom is -0.395 e. The van der Waals surface area contributed by atoms with Gasteiger partial charge in [0.15, 0.2) is 0 Å². The van der Waals surface area contributed by atoms with Gasteiger partial charge in [0.2, 0.25) is 0 Å². The third-order valence-corrected chi connectivity index (χ3v) is 3.37. The van der Waals surface area contributed by atoms with E-state index < -0.39 is 5.82 Å². The third-order valence-electron chi connectivity index (χ3n) is 3.37. The molecular formula is C17H22FNO2. The van der Waals surface area contributed by atoms with Crippen molar-refractivity contribution in [3.05, 3.63) is 35.1 Å². The van der Waals surface area contributed by atoms with Crippen molar-refractivity contribution in [3.63, 3.8) is 0 Å². The van der Waals surface area contributed by atoms with Gasteiger partial charge in [-0.3, -0.25) is 4.79 Å². The van der Waals surface area contributed by atoms with Crippen molar-refractivity contribution in [2.24, 2.45) is 5.41 Å². The molecule has 1 rings (SSSR count). The highest BCUT2D eigenvalue weighted by Gasteiger charge is 2.18. The van der Waals surface area contributed by atoms with E-state index in [0.717, 1.165) is 6.42 Å². The summed E-state index contributed by atoms with van der Waals surface area (Å²) >= 11 is 0. The van der Waals surface area contributed by atoms with Gasteiger partial charge in [0.1, 0.15) is 5.82 Å². The molecule has 3 nitrogen and oxygen atoms in total. The summed E-state index contributed by atoms with van der Waals surface area (Å²) in [5.74, 6) is 4.75. The number of halogens is 1. The highest BCUT2D eigenvalue weighted by atomic mass is 19.1. The minimum absolute atomic E-state index is 0.0123. The molecule has 0 aliphatic carbocycles. The van der Waals surface area contributed by atoms with Gasteiger partial charge in [-0.1, -0.05) is 32.6 Å². The van der Waals surface area contributed by atoms with Crippen LogP contribution < -0.4 is 5.32 Å². The number of nitrogens with one attached hydrogen (secondary N) is 1. The van der Waals surface area contributed by atoms with Crippen molar-refractivity contribution in [2.75, 3.05) is 13.2 Å². The highest BCUT2D eigenvalue weighted by molar-refractivity contribution is 5.96. The molecule has 1 amide bonds. The summed E-state index contributed by atoms with van der Waals surface area (Å²) in [5.41, 5.74) is 0.710. The summed E-state index contributed by atoms with van der Waals surface area (Å²) in [5, 5.41) is 11.6. The first-order valence-corrected chi connectivity index (χ1v) is 7.07. The van der Waals surface area contributed by atoms with Gasteiger partial charge in [-0.15, -0.1) is 0 Å². The molecule has 4 heteroatoms. The normalized spacial score (nSPS) is 10.7. The van der Waals surface area contributed by atoms with E-state index in [-0.39, 0.29) is 17.9 Å². The number of aliphatic hydroxyl groups is 1. The Morgan fingerprint density at radius 2 is 2.14 bits per heavy atom. The average molecular weight is 291 g/mol. The second kappa shape index (κ2) is 7.80. The number of hydrogen-bond donors (Lipinski definition) is 2. The zero-order chi connectivity index (χ0) is 15.9. The molecule has 0 atom stereocenters. The minimum atomic E-state index is -0.436. The lowest BCUT2D eigenvalue weighted by atomic mass is 9.90. The van der Waals surface area contributed by atoms with Gasteiger partial charge in [0, 0.05) is 18.5 Å². The second-order valence-corrected chi connectivity index (χ2v) is 5.67. The maximum Gasteiger partial charge on any atom is 0.252 e. The largest absolute Gasteiger partial charge is 0.395 e. The zero-order valence-corrected chi connectivity index (χ0v) is 12.8. The van der Waals surface area contributed by atoms with Crippen molar-refractivity contribution in [2.45, 2.75) is 33.6 Å². The summed E-state index contributed by atoms with van der Waals surface area (Å²) in [6.07, 6.45) is 1.24. The van der Waals surface area contributed by atoms with E-state index in [2.05, 4.69) is 37.9 Å². The van der Waals surface area contributed by atoms with E-state index in [9.17, 15) is 9.18 Å². The molecular weight excluding hydrogens is 269 g/mol. The van der Waals surface area contributed by atoms with Gasteiger partial charge in [-0.25, -0.2) is 4.39 Å². The molecule has 1 aromatic carbocycles. The maximum atomic E-state index is 13.3. The topological polar surface area (TPSA) is 49.3 Å². The quantitative estimate of drug-likeness (QED) is 0.820. The smallest absolute Gasteiger partial charge is 0.252 e. The Labute approximate surface area is 125 Å². The lowest BCUT2D eigenvalue weighted by Gasteiger charge is -2.23. The molecule has 0 spiro atoms.